The van der Waals surface area contributed by atoms with Crippen molar-refractivity contribution in [3.05, 3.63) is 30.3 Å². The smallest absolute Gasteiger partial charge is 0.150 e. The molecule has 1 aromatic carbocycles. The fourth-order valence-electron chi connectivity index (χ4n) is 2.19. The van der Waals surface area contributed by atoms with Gasteiger partial charge in [-0.2, -0.15) is 0 Å². The Kier molecular flexibility index (Phi) is 2.16. The summed E-state index contributed by atoms with van der Waals surface area (Å²) in [4.78, 5) is 0. The highest BCUT2D eigenvalue weighted by atomic mass is 28.3. The molecule has 0 atom stereocenters. The van der Waals surface area contributed by atoms with Crippen LogP contribution in [-0.4, -0.2) is 14.8 Å². The van der Waals surface area contributed by atoms with Crippen LogP contribution in [0.25, 0.3) is 0 Å². The molecule has 2 heteroatoms. The molecule has 0 radical (unpaired) electrons. The van der Waals surface area contributed by atoms with Gasteiger partial charge in [-0.15, -0.1) is 0 Å². The first kappa shape index (κ1) is 8.82. The van der Waals surface area contributed by atoms with E-state index in [1.54, 1.807) is 0 Å². The molecule has 70 valence electrons. The molecule has 0 aliphatic carbocycles. The lowest BCUT2D eigenvalue weighted by Crippen LogP contribution is -2.43. The van der Waals surface area contributed by atoms with E-state index in [0.29, 0.717) is 0 Å². The van der Waals surface area contributed by atoms with Crippen LogP contribution in [0.4, 0.5) is 5.69 Å². The van der Waals surface area contributed by atoms with Crippen molar-refractivity contribution in [3.8, 4) is 0 Å². The van der Waals surface area contributed by atoms with E-state index < -0.39 is 8.24 Å². The van der Waals surface area contributed by atoms with E-state index in [9.17, 15) is 0 Å². The van der Waals surface area contributed by atoms with Crippen LogP contribution in [0.5, 0.6) is 0 Å². The van der Waals surface area contributed by atoms with Crippen LogP contribution in [0.1, 0.15) is 6.42 Å². The second-order valence-electron chi connectivity index (χ2n) is 4.40. The number of rotatable bonds is 1. The molecule has 2 rings (SSSR count). The van der Waals surface area contributed by atoms with Crippen molar-refractivity contribution in [2.75, 3.05) is 11.1 Å². The summed E-state index contributed by atoms with van der Waals surface area (Å²) in [5.41, 5.74) is 1.43. The highest BCUT2D eigenvalue weighted by Gasteiger charge is 2.34. The first-order valence-electron chi connectivity index (χ1n) is 5.03. The molecule has 13 heavy (non-hydrogen) atoms. The summed E-state index contributed by atoms with van der Waals surface area (Å²) >= 11 is 0. The van der Waals surface area contributed by atoms with Crippen LogP contribution >= 0.6 is 0 Å². The number of hydrogen-bond donors (Lipinski definition) is 0. The van der Waals surface area contributed by atoms with E-state index in [1.165, 1.54) is 24.7 Å². The van der Waals surface area contributed by atoms with Crippen LogP contribution in [0, 0.1) is 0 Å². The quantitative estimate of drug-likeness (QED) is 0.617. The SMILES string of the molecule is C[Si]1(C)CCCN1c1ccccc1. The van der Waals surface area contributed by atoms with Gasteiger partial charge >= 0.3 is 0 Å². The summed E-state index contributed by atoms with van der Waals surface area (Å²) in [6.45, 7) is 6.20. The Hall–Kier alpha value is -0.763. The maximum Gasteiger partial charge on any atom is 0.150 e. The van der Waals surface area contributed by atoms with E-state index in [4.69, 9.17) is 0 Å². The molecule has 0 amide bonds. The lowest BCUT2D eigenvalue weighted by Gasteiger charge is -2.31. The first-order chi connectivity index (χ1) is 6.20. The molecule has 0 aromatic heterocycles. The van der Waals surface area contributed by atoms with Crippen LogP contribution < -0.4 is 4.57 Å². The van der Waals surface area contributed by atoms with Crippen LogP contribution in [0.2, 0.25) is 19.1 Å². The molecular weight excluding hydrogens is 174 g/mol. The Balaban J connectivity index is 2.27. The maximum absolute atomic E-state index is 2.65. The van der Waals surface area contributed by atoms with E-state index in [1.807, 2.05) is 0 Å². The van der Waals surface area contributed by atoms with Gasteiger partial charge in [0, 0.05) is 12.2 Å². The van der Waals surface area contributed by atoms with Crippen molar-refractivity contribution in [3.63, 3.8) is 0 Å². The van der Waals surface area contributed by atoms with Crippen molar-refractivity contribution in [1.82, 2.24) is 0 Å². The van der Waals surface area contributed by atoms with E-state index in [2.05, 4.69) is 48.0 Å². The normalized spacial score (nSPS) is 20.6. The maximum atomic E-state index is 2.65. The van der Waals surface area contributed by atoms with Gasteiger partial charge in [0.1, 0.15) is 0 Å². The molecule has 1 saturated heterocycles. The van der Waals surface area contributed by atoms with Gasteiger partial charge < -0.3 is 4.57 Å². The topological polar surface area (TPSA) is 3.24 Å². The zero-order valence-corrected chi connectivity index (χ0v) is 9.46. The van der Waals surface area contributed by atoms with Crippen LogP contribution in [0.3, 0.4) is 0 Å². The molecule has 0 N–H and O–H groups in total. The molecular formula is C11H17NSi. The highest BCUT2D eigenvalue weighted by molar-refractivity contribution is 6.81. The average molecular weight is 191 g/mol. The Morgan fingerprint density at radius 3 is 2.38 bits per heavy atom. The first-order valence-corrected chi connectivity index (χ1v) is 8.18. The van der Waals surface area contributed by atoms with Crippen molar-refractivity contribution in [2.24, 2.45) is 0 Å². The summed E-state index contributed by atoms with van der Waals surface area (Å²) < 4.78 is 2.65. The average Bonchev–Trinajstić information content (AvgIpc) is 2.47. The molecule has 1 fully saturated rings. The number of anilines is 1. The van der Waals surface area contributed by atoms with Gasteiger partial charge in [-0.1, -0.05) is 31.3 Å². The third-order valence-corrected chi connectivity index (χ3v) is 6.49. The Labute approximate surface area is 81.5 Å². The van der Waals surface area contributed by atoms with Crippen molar-refractivity contribution < 1.29 is 0 Å². The molecule has 0 saturated carbocycles. The van der Waals surface area contributed by atoms with Gasteiger partial charge in [-0.3, -0.25) is 0 Å². The highest BCUT2D eigenvalue weighted by Crippen LogP contribution is 2.30. The molecule has 0 bridgehead atoms. The fourth-order valence-corrected chi connectivity index (χ4v) is 5.10. The molecule has 1 nitrogen and oxygen atoms in total. The van der Waals surface area contributed by atoms with Gasteiger partial charge in [0.2, 0.25) is 0 Å². The van der Waals surface area contributed by atoms with E-state index in [-0.39, 0.29) is 0 Å². The summed E-state index contributed by atoms with van der Waals surface area (Å²) in [6.07, 6.45) is 1.38. The number of nitrogens with zero attached hydrogens (tertiary/aromatic N) is 1. The summed E-state index contributed by atoms with van der Waals surface area (Å²) in [5, 5.41) is 0. The standard InChI is InChI=1S/C11H17NSi/c1-13(2)10-6-9-12(13)11-7-4-3-5-8-11/h3-5,7-8H,6,9-10H2,1-2H3. The monoisotopic (exact) mass is 191 g/mol. The third-order valence-electron chi connectivity index (χ3n) is 2.97. The summed E-state index contributed by atoms with van der Waals surface area (Å²) in [7, 11) is -1.08. The number of benzene rings is 1. The summed E-state index contributed by atoms with van der Waals surface area (Å²) in [5.74, 6) is 0. The minimum absolute atomic E-state index is 1.08. The predicted molar refractivity (Wildman–Crippen MR) is 60.7 cm³/mol. The molecule has 1 aliphatic heterocycles. The lowest BCUT2D eigenvalue weighted by molar-refractivity contribution is 0.982. The minimum atomic E-state index is -1.08. The summed E-state index contributed by atoms with van der Waals surface area (Å²) in [6, 6.07) is 12.3. The van der Waals surface area contributed by atoms with Crippen molar-refractivity contribution >= 4 is 13.9 Å². The van der Waals surface area contributed by atoms with Crippen molar-refractivity contribution in [2.45, 2.75) is 25.6 Å². The van der Waals surface area contributed by atoms with Gasteiger partial charge in [0.25, 0.3) is 0 Å². The zero-order chi connectivity index (χ0) is 9.31. The molecule has 0 spiro atoms. The second-order valence-corrected chi connectivity index (χ2v) is 9.07. The Bertz CT molecular complexity index is 281. The fraction of sp³-hybridized carbons (Fsp3) is 0.455. The van der Waals surface area contributed by atoms with Crippen molar-refractivity contribution in [1.29, 1.82) is 0 Å². The van der Waals surface area contributed by atoms with Gasteiger partial charge in [-0.25, -0.2) is 0 Å². The molecule has 1 aromatic rings. The molecule has 1 aliphatic rings. The Morgan fingerprint density at radius 2 is 1.85 bits per heavy atom. The second kappa shape index (κ2) is 3.18. The minimum Gasteiger partial charge on any atom is -0.398 e. The van der Waals surface area contributed by atoms with E-state index in [0.717, 1.165) is 0 Å². The Morgan fingerprint density at radius 1 is 1.15 bits per heavy atom. The molecule has 1 heterocycles. The van der Waals surface area contributed by atoms with Gasteiger partial charge in [0.15, 0.2) is 8.24 Å². The molecule has 0 unspecified atom stereocenters. The number of para-hydroxylation sites is 1. The van der Waals surface area contributed by atoms with Crippen LogP contribution in [0.15, 0.2) is 30.3 Å². The number of hydrogen-bond acceptors (Lipinski definition) is 1. The van der Waals surface area contributed by atoms with Gasteiger partial charge in [-0.05, 0) is 24.6 Å². The zero-order valence-electron chi connectivity index (χ0n) is 8.46. The van der Waals surface area contributed by atoms with Crippen LogP contribution in [-0.2, 0) is 0 Å². The van der Waals surface area contributed by atoms with E-state index >= 15 is 0 Å². The third kappa shape index (κ3) is 1.63. The van der Waals surface area contributed by atoms with Gasteiger partial charge in [0.05, 0.1) is 0 Å². The predicted octanol–water partition coefficient (Wildman–Crippen LogP) is 3.10. The lowest BCUT2D eigenvalue weighted by atomic mass is 10.3. The largest absolute Gasteiger partial charge is 0.398 e.